The van der Waals surface area contributed by atoms with E-state index in [1.807, 2.05) is 13.0 Å². The highest BCUT2D eigenvalue weighted by Gasteiger charge is 2.43. The molecule has 2 fully saturated rings. The van der Waals surface area contributed by atoms with Crippen molar-refractivity contribution >= 4 is 0 Å². The van der Waals surface area contributed by atoms with Gasteiger partial charge in [0.25, 0.3) is 0 Å². The number of ether oxygens (including phenoxy) is 2. The molecule has 0 amide bonds. The first-order chi connectivity index (χ1) is 10.2. The van der Waals surface area contributed by atoms with E-state index in [1.54, 1.807) is 7.11 Å². The molecule has 0 aromatic carbocycles. The fourth-order valence-electron chi connectivity index (χ4n) is 3.91. The van der Waals surface area contributed by atoms with E-state index in [9.17, 15) is 0 Å². The molecule has 1 aromatic rings. The van der Waals surface area contributed by atoms with Crippen molar-refractivity contribution in [1.82, 2.24) is 4.90 Å². The third-order valence-electron chi connectivity index (χ3n) is 5.32. The van der Waals surface area contributed by atoms with E-state index >= 15 is 0 Å². The average Bonchev–Trinajstić information content (AvgIpc) is 2.90. The zero-order valence-electron chi connectivity index (χ0n) is 13.3. The number of rotatable bonds is 4. The number of furan rings is 1. The van der Waals surface area contributed by atoms with Gasteiger partial charge in [-0.25, -0.2) is 0 Å². The largest absolute Gasteiger partial charge is 0.465 e. The third-order valence-corrected chi connectivity index (χ3v) is 5.32. The van der Waals surface area contributed by atoms with Gasteiger partial charge in [-0.2, -0.15) is 0 Å². The Morgan fingerprint density at radius 1 is 1.29 bits per heavy atom. The lowest BCUT2D eigenvalue weighted by Crippen LogP contribution is -2.49. The Labute approximate surface area is 127 Å². The average molecular weight is 293 g/mol. The van der Waals surface area contributed by atoms with Crippen LogP contribution < -0.4 is 0 Å². The van der Waals surface area contributed by atoms with Crippen LogP contribution in [0.1, 0.15) is 30.8 Å². The van der Waals surface area contributed by atoms with Crippen LogP contribution in [0.15, 0.2) is 16.5 Å². The molecule has 0 bridgehead atoms. The van der Waals surface area contributed by atoms with Crippen molar-refractivity contribution in [3.05, 3.63) is 23.7 Å². The molecule has 0 N–H and O–H groups in total. The zero-order valence-corrected chi connectivity index (χ0v) is 13.3. The lowest BCUT2D eigenvalue weighted by Gasteiger charge is -2.48. The number of hydrogen-bond acceptors (Lipinski definition) is 4. The molecular formula is C17H27NO3. The topological polar surface area (TPSA) is 34.8 Å². The first kappa shape index (κ1) is 15.1. The summed E-state index contributed by atoms with van der Waals surface area (Å²) in [7, 11) is 1.80. The molecule has 0 radical (unpaired) electrons. The Morgan fingerprint density at radius 3 is 2.76 bits per heavy atom. The molecule has 0 aliphatic carbocycles. The highest BCUT2D eigenvalue weighted by atomic mass is 16.5. The summed E-state index contributed by atoms with van der Waals surface area (Å²) < 4.78 is 16.8. The third kappa shape index (κ3) is 3.33. The van der Waals surface area contributed by atoms with E-state index in [0.29, 0.717) is 11.3 Å². The normalized spacial score (nSPS) is 26.3. The number of hydrogen-bond donors (Lipinski definition) is 0. The second-order valence-electron chi connectivity index (χ2n) is 6.63. The van der Waals surface area contributed by atoms with Gasteiger partial charge < -0.3 is 13.9 Å². The fraction of sp³-hybridized carbons (Fsp3) is 0.765. The van der Waals surface area contributed by atoms with Crippen LogP contribution in [-0.2, 0) is 16.0 Å². The lowest BCUT2D eigenvalue weighted by atomic mass is 9.66. The van der Waals surface area contributed by atoms with Crippen LogP contribution in [0.4, 0.5) is 0 Å². The minimum atomic E-state index is 0.434. The molecule has 2 aliphatic rings. The smallest absolute Gasteiger partial charge is 0.118 e. The molecule has 1 spiro atoms. The highest BCUT2D eigenvalue weighted by Crippen LogP contribution is 2.44. The van der Waals surface area contributed by atoms with Crippen molar-refractivity contribution in [3.63, 3.8) is 0 Å². The molecule has 3 heterocycles. The number of piperidine rings is 1. The first-order valence-electron chi connectivity index (χ1n) is 8.06. The summed E-state index contributed by atoms with van der Waals surface area (Å²) in [6, 6.07) is 4.15. The predicted molar refractivity (Wildman–Crippen MR) is 81.2 cm³/mol. The predicted octanol–water partition coefficient (Wildman–Crippen LogP) is 2.85. The van der Waals surface area contributed by atoms with Gasteiger partial charge in [0.1, 0.15) is 11.5 Å². The summed E-state index contributed by atoms with van der Waals surface area (Å²) in [5, 5.41) is 0. The van der Waals surface area contributed by atoms with E-state index < -0.39 is 0 Å². The highest BCUT2D eigenvalue weighted by molar-refractivity contribution is 5.06. The molecule has 118 valence electrons. The van der Waals surface area contributed by atoms with Crippen LogP contribution in [0.2, 0.25) is 0 Å². The molecule has 3 rings (SSSR count). The Hall–Kier alpha value is -0.840. The number of aryl methyl sites for hydroxylation is 1. The maximum absolute atomic E-state index is 5.70. The lowest BCUT2D eigenvalue weighted by molar-refractivity contribution is -0.0954. The minimum absolute atomic E-state index is 0.434. The molecular weight excluding hydrogens is 266 g/mol. The standard InChI is InChI=1S/C17H27NO3/c1-14-3-4-16(21-14)11-18-8-5-17(6-9-18)7-10-20-13-15(17)12-19-2/h3-4,15H,5-13H2,1-2H3. The van der Waals surface area contributed by atoms with Crippen LogP contribution in [0.3, 0.4) is 0 Å². The van der Waals surface area contributed by atoms with Crippen LogP contribution >= 0.6 is 0 Å². The molecule has 1 atom stereocenters. The molecule has 21 heavy (non-hydrogen) atoms. The van der Waals surface area contributed by atoms with Gasteiger partial charge in [0.05, 0.1) is 19.8 Å². The van der Waals surface area contributed by atoms with Crippen LogP contribution in [0.5, 0.6) is 0 Å². The quantitative estimate of drug-likeness (QED) is 0.855. The Kier molecular flexibility index (Phi) is 4.67. The van der Waals surface area contributed by atoms with Crippen molar-refractivity contribution in [2.24, 2.45) is 11.3 Å². The first-order valence-corrected chi connectivity index (χ1v) is 8.06. The van der Waals surface area contributed by atoms with Gasteiger partial charge in [0, 0.05) is 19.6 Å². The molecule has 4 heteroatoms. The van der Waals surface area contributed by atoms with Gasteiger partial charge in [-0.3, -0.25) is 4.90 Å². The molecule has 0 saturated carbocycles. The fourth-order valence-corrected chi connectivity index (χ4v) is 3.91. The number of methoxy groups -OCH3 is 1. The van der Waals surface area contributed by atoms with Crippen molar-refractivity contribution < 1.29 is 13.9 Å². The maximum Gasteiger partial charge on any atom is 0.118 e. The van der Waals surface area contributed by atoms with Crippen LogP contribution in [0, 0.1) is 18.3 Å². The Bertz CT molecular complexity index is 447. The van der Waals surface area contributed by atoms with E-state index in [-0.39, 0.29) is 0 Å². The van der Waals surface area contributed by atoms with Gasteiger partial charge in [0.15, 0.2) is 0 Å². The minimum Gasteiger partial charge on any atom is -0.465 e. The molecule has 4 nitrogen and oxygen atoms in total. The van der Waals surface area contributed by atoms with Gasteiger partial charge in [-0.15, -0.1) is 0 Å². The van der Waals surface area contributed by atoms with Crippen molar-refractivity contribution in [2.45, 2.75) is 32.7 Å². The van der Waals surface area contributed by atoms with E-state index in [0.717, 1.165) is 51.0 Å². The monoisotopic (exact) mass is 293 g/mol. The van der Waals surface area contributed by atoms with E-state index in [4.69, 9.17) is 13.9 Å². The summed E-state index contributed by atoms with van der Waals surface area (Å²) in [6.07, 6.45) is 3.70. The Balaban J connectivity index is 1.58. The summed E-state index contributed by atoms with van der Waals surface area (Å²) in [5.74, 6) is 2.65. The van der Waals surface area contributed by atoms with E-state index in [1.165, 1.54) is 19.3 Å². The SMILES string of the molecule is COCC1COCCC12CCN(Cc1ccc(C)o1)CC2. The molecule has 2 aliphatic heterocycles. The second kappa shape index (κ2) is 6.51. The maximum atomic E-state index is 5.70. The second-order valence-corrected chi connectivity index (χ2v) is 6.63. The van der Waals surface area contributed by atoms with Crippen LogP contribution in [-0.4, -0.2) is 44.9 Å². The van der Waals surface area contributed by atoms with Crippen molar-refractivity contribution in [1.29, 1.82) is 0 Å². The Morgan fingerprint density at radius 2 is 2.10 bits per heavy atom. The number of nitrogens with zero attached hydrogens (tertiary/aromatic N) is 1. The van der Waals surface area contributed by atoms with Gasteiger partial charge >= 0.3 is 0 Å². The summed E-state index contributed by atoms with van der Waals surface area (Å²) in [6.45, 7) is 7.86. The van der Waals surface area contributed by atoms with Gasteiger partial charge in [-0.1, -0.05) is 0 Å². The van der Waals surface area contributed by atoms with Gasteiger partial charge in [-0.05, 0) is 56.8 Å². The summed E-state index contributed by atoms with van der Waals surface area (Å²) >= 11 is 0. The molecule has 2 saturated heterocycles. The number of likely N-dealkylation sites (tertiary alicyclic amines) is 1. The molecule has 1 unspecified atom stereocenters. The van der Waals surface area contributed by atoms with E-state index in [2.05, 4.69) is 11.0 Å². The van der Waals surface area contributed by atoms with Crippen LogP contribution in [0.25, 0.3) is 0 Å². The van der Waals surface area contributed by atoms with Gasteiger partial charge in [0.2, 0.25) is 0 Å². The van der Waals surface area contributed by atoms with Crippen molar-refractivity contribution in [2.75, 3.05) is 40.0 Å². The van der Waals surface area contributed by atoms with Crippen molar-refractivity contribution in [3.8, 4) is 0 Å². The summed E-state index contributed by atoms with van der Waals surface area (Å²) in [5.41, 5.74) is 0.434. The molecule has 1 aromatic heterocycles. The summed E-state index contributed by atoms with van der Waals surface area (Å²) in [4.78, 5) is 2.52. The zero-order chi connectivity index (χ0) is 14.7.